The third-order valence-electron chi connectivity index (χ3n) is 4.04. The molecule has 2 rings (SSSR count). The first-order chi connectivity index (χ1) is 9.49. The van der Waals surface area contributed by atoms with E-state index in [2.05, 4.69) is 4.90 Å². The quantitative estimate of drug-likeness (QED) is 0.679. The van der Waals surface area contributed by atoms with Gasteiger partial charge in [-0.3, -0.25) is 15.0 Å². The number of benzene rings is 1. The van der Waals surface area contributed by atoms with Gasteiger partial charge in [-0.25, -0.2) is 0 Å². The van der Waals surface area contributed by atoms with Crippen LogP contribution in [-0.4, -0.2) is 29.0 Å². The number of rotatable bonds is 4. The first kappa shape index (κ1) is 14.9. The van der Waals surface area contributed by atoms with E-state index in [4.69, 9.17) is 5.73 Å². The molecule has 0 radical (unpaired) electrons. The molecule has 1 aliphatic carbocycles. The van der Waals surface area contributed by atoms with Gasteiger partial charge in [0.25, 0.3) is 0 Å². The molecular weight excluding hydrogens is 261 g/mol. The normalized spacial score (nSPS) is 23.0. The molecule has 0 saturated heterocycles. The van der Waals surface area contributed by atoms with E-state index in [1.807, 2.05) is 7.05 Å². The van der Waals surface area contributed by atoms with Gasteiger partial charge in [0.05, 0.1) is 4.92 Å². The van der Waals surface area contributed by atoms with Crippen LogP contribution < -0.4 is 5.73 Å². The Morgan fingerprint density at radius 1 is 1.40 bits per heavy atom. The number of hydrogen-bond donors (Lipinski definition) is 1. The lowest BCUT2D eigenvalue weighted by atomic mass is 9.91. The van der Waals surface area contributed by atoms with Gasteiger partial charge in [-0.15, -0.1) is 0 Å². The van der Waals surface area contributed by atoms with E-state index in [1.54, 1.807) is 6.07 Å². The van der Waals surface area contributed by atoms with Crippen molar-refractivity contribution < 1.29 is 9.31 Å². The molecule has 0 aliphatic heterocycles. The predicted molar refractivity (Wildman–Crippen MR) is 74.8 cm³/mol. The van der Waals surface area contributed by atoms with Crippen molar-refractivity contribution >= 4 is 5.69 Å². The average molecular weight is 281 g/mol. The van der Waals surface area contributed by atoms with Crippen LogP contribution in [0.3, 0.4) is 0 Å². The summed E-state index contributed by atoms with van der Waals surface area (Å²) in [4.78, 5) is 12.1. The van der Waals surface area contributed by atoms with Crippen LogP contribution in [0.2, 0.25) is 0 Å². The molecule has 0 aromatic heterocycles. The third kappa shape index (κ3) is 3.32. The van der Waals surface area contributed by atoms with Crippen molar-refractivity contribution in [1.29, 1.82) is 0 Å². The number of nitrogens with two attached hydrogens (primary N) is 1. The van der Waals surface area contributed by atoms with Crippen molar-refractivity contribution in [3.63, 3.8) is 0 Å². The van der Waals surface area contributed by atoms with E-state index >= 15 is 0 Å². The maximum Gasteiger partial charge on any atom is 0.305 e. The van der Waals surface area contributed by atoms with Crippen LogP contribution in [0.25, 0.3) is 0 Å². The highest BCUT2D eigenvalue weighted by atomic mass is 19.1. The van der Waals surface area contributed by atoms with E-state index in [0.717, 1.165) is 25.7 Å². The molecule has 0 unspecified atom stereocenters. The molecule has 110 valence electrons. The molecule has 5 nitrogen and oxygen atoms in total. The minimum Gasteiger partial charge on any atom is -0.328 e. The van der Waals surface area contributed by atoms with Crippen LogP contribution in [0.4, 0.5) is 10.1 Å². The number of halogens is 1. The van der Waals surface area contributed by atoms with E-state index in [9.17, 15) is 14.5 Å². The zero-order chi connectivity index (χ0) is 14.7. The summed E-state index contributed by atoms with van der Waals surface area (Å²) in [5.74, 6) is -0.725. The van der Waals surface area contributed by atoms with Crippen molar-refractivity contribution in [2.75, 3.05) is 7.05 Å². The van der Waals surface area contributed by atoms with Crippen molar-refractivity contribution in [3.8, 4) is 0 Å². The van der Waals surface area contributed by atoms with Crippen molar-refractivity contribution in [2.24, 2.45) is 5.73 Å². The van der Waals surface area contributed by atoms with Gasteiger partial charge in [0, 0.05) is 30.3 Å². The van der Waals surface area contributed by atoms with E-state index in [-0.39, 0.29) is 6.04 Å². The number of nitro benzene ring substituents is 1. The largest absolute Gasteiger partial charge is 0.328 e. The number of hydrogen-bond acceptors (Lipinski definition) is 4. The molecule has 0 amide bonds. The van der Waals surface area contributed by atoms with Gasteiger partial charge in [0.2, 0.25) is 5.82 Å². The Kier molecular flexibility index (Phi) is 4.67. The highest BCUT2D eigenvalue weighted by Gasteiger charge is 2.24. The van der Waals surface area contributed by atoms with Gasteiger partial charge >= 0.3 is 5.69 Å². The second-order valence-electron chi connectivity index (χ2n) is 5.49. The summed E-state index contributed by atoms with van der Waals surface area (Å²) in [7, 11) is 1.93. The van der Waals surface area contributed by atoms with Gasteiger partial charge in [0.1, 0.15) is 0 Å². The van der Waals surface area contributed by atoms with Gasteiger partial charge in [-0.1, -0.05) is 12.1 Å². The Bertz CT molecular complexity index is 487. The Labute approximate surface area is 117 Å². The minimum absolute atomic E-state index is 0.272. The van der Waals surface area contributed by atoms with Gasteiger partial charge in [-0.2, -0.15) is 4.39 Å². The Hall–Kier alpha value is -1.53. The van der Waals surface area contributed by atoms with Crippen LogP contribution in [0.1, 0.15) is 31.2 Å². The Morgan fingerprint density at radius 2 is 2.05 bits per heavy atom. The summed E-state index contributed by atoms with van der Waals surface area (Å²) >= 11 is 0. The highest BCUT2D eigenvalue weighted by molar-refractivity contribution is 5.36. The zero-order valence-corrected chi connectivity index (χ0v) is 11.6. The Balaban J connectivity index is 2.06. The lowest BCUT2D eigenvalue weighted by molar-refractivity contribution is -0.387. The lowest BCUT2D eigenvalue weighted by Gasteiger charge is -2.33. The molecule has 20 heavy (non-hydrogen) atoms. The first-order valence-corrected chi connectivity index (χ1v) is 6.86. The van der Waals surface area contributed by atoms with Crippen molar-refractivity contribution in [3.05, 3.63) is 39.7 Å². The molecule has 6 heteroatoms. The monoisotopic (exact) mass is 281 g/mol. The molecule has 0 atom stereocenters. The summed E-state index contributed by atoms with van der Waals surface area (Å²) in [6, 6.07) is 4.97. The molecule has 0 spiro atoms. The van der Waals surface area contributed by atoms with Gasteiger partial charge in [-0.05, 0) is 32.7 Å². The summed E-state index contributed by atoms with van der Waals surface area (Å²) in [6.07, 6.45) is 3.95. The predicted octanol–water partition coefficient (Wildman–Crippen LogP) is 2.44. The fourth-order valence-electron chi connectivity index (χ4n) is 2.77. The van der Waals surface area contributed by atoms with Crippen molar-refractivity contribution in [2.45, 2.75) is 44.3 Å². The maximum absolute atomic E-state index is 14.0. The van der Waals surface area contributed by atoms with Crippen LogP contribution in [0.5, 0.6) is 0 Å². The zero-order valence-electron chi connectivity index (χ0n) is 11.6. The molecule has 0 bridgehead atoms. The molecule has 1 aromatic carbocycles. The van der Waals surface area contributed by atoms with Crippen LogP contribution in [-0.2, 0) is 6.54 Å². The molecule has 1 fully saturated rings. The maximum atomic E-state index is 14.0. The second-order valence-corrected chi connectivity index (χ2v) is 5.49. The standard InChI is InChI=1S/C14H20FN3O2/c1-17(12-7-5-11(16)6-8-12)9-10-3-2-4-13(14(10)15)18(19)20/h2-4,11-12H,5-9,16H2,1H3. The summed E-state index contributed by atoms with van der Waals surface area (Å²) in [6.45, 7) is 0.382. The molecule has 1 saturated carbocycles. The fourth-order valence-corrected chi connectivity index (χ4v) is 2.77. The topological polar surface area (TPSA) is 72.4 Å². The minimum atomic E-state index is -0.725. The first-order valence-electron chi connectivity index (χ1n) is 6.86. The van der Waals surface area contributed by atoms with E-state index in [1.165, 1.54) is 12.1 Å². The van der Waals surface area contributed by atoms with Crippen LogP contribution in [0.15, 0.2) is 18.2 Å². The third-order valence-corrected chi connectivity index (χ3v) is 4.04. The van der Waals surface area contributed by atoms with Crippen LogP contribution >= 0.6 is 0 Å². The molecule has 0 heterocycles. The van der Waals surface area contributed by atoms with Crippen LogP contribution in [0, 0.1) is 15.9 Å². The average Bonchev–Trinajstić information content (AvgIpc) is 2.41. The van der Waals surface area contributed by atoms with Crippen molar-refractivity contribution in [1.82, 2.24) is 4.90 Å². The summed E-state index contributed by atoms with van der Waals surface area (Å²) < 4.78 is 14.0. The number of nitro groups is 1. The second kappa shape index (κ2) is 6.28. The molecule has 2 N–H and O–H groups in total. The summed E-state index contributed by atoms with van der Waals surface area (Å²) in [5.41, 5.74) is 5.79. The molecular formula is C14H20FN3O2. The smallest absolute Gasteiger partial charge is 0.305 e. The summed E-state index contributed by atoms with van der Waals surface area (Å²) in [5, 5.41) is 10.7. The number of nitrogens with zero attached hydrogens (tertiary/aromatic N) is 2. The fraction of sp³-hybridized carbons (Fsp3) is 0.571. The molecule has 1 aliphatic rings. The van der Waals surface area contributed by atoms with Gasteiger partial charge < -0.3 is 5.73 Å². The lowest BCUT2D eigenvalue weighted by Crippen LogP contribution is -2.38. The molecule has 1 aromatic rings. The Morgan fingerprint density at radius 3 is 2.65 bits per heavy atom. The van der Waals surface area contributed by atoms with E-state index < -0.39 is 16.4 Å². The van der Waals surface area contributed by atoms with Gasteiger partial charge in [0.15, 0.2) is 0 Å². The van der Waals surface area contributed by atoms with E-state index in [0.29, 0.717) is 18.2 Å². The SMILES string of the molecule is CN(Cc1cccc([N+](=O)[O-])c1F)C1CCC(N)CC1. The highest BCUT2D eigenvalue weighted by Crippen LogP contribution is 2.25.